The lowest BCUT2D eigenvalue weighted by Gasteiger charge is -2.09. The van der Waals surface area contributed by atoms with Crippen LogP contribution in [0.25, 0.3) is 16.8 Å². The number of rotatable bonds is 4. The molecule has 0 amide bonds. The monoisotopic (exact) mass is 320 g/mol. The Morgan fingerprint density at radius 2 is 1.75 bits per heavy atom. The van der Waals surface area contributed by atoms with Gasteiger partial charge in [0.1, 0.15) is 11.4 Å². The van der Waals surface area contributed by atoms with Crippen LogP contribution in [-0.4, -0.2) is 17.1 Å². The second-order valence-electron chi connectivity index (χ2n) is 5.55. The molecule has 0 radical (unpaired) electrons. The van der Waals surface area contributed by atoms with E-state index in [0.717, 1.165) is 22.4 Å². The Morgan fingerprint density at radius 3 is 2.42 bits per heavy atom. The summed E-state index contributed by atoms with van der Waals surface area (Å²) in [5.74, 6) is -0.0113. The van der Waals surface area contributed by atoms with E-state index >= 15 is 0 Å². The van der Waals surface area contributed by atoms with E-state index in [1.807, 2.05) is 72.3 Å². The van der Waals surface area contributed by atoms with Gasteiger partial charge in [0.2, 0.25) is 0 Å². The summed E-state index contributed by atoms with van der Waals surface area (Å²) in [6.45, 7) is 4.11. The summed E-state index contributed by atoms with van der Waals surface area (Å²) in [7, 11) is 0. The molecule has 1 heterocycles. The van der Waals surface area contributed by atoms with Gasteiger partial charge in [-0.15, -0.1) is 0 Å². The zero-order valence-electron chi connectivity index (χ0n) is 13.8. The van der Waals surface area contributed by atoms with Crippen molar-refractivity contribution in [3.05, 3.63) is 71.9 Å². The molecule has 0 saturated carbocycles. The molecule has 3 rings (SSSR count). The highest BCUT2D eigenvalue weighted by atomic mass is 16.5. The highest BCUT2D eigenvalue weighted by molar-refractivity contribution is 6.02. The fraction of sp³-hybridized carbons (Fsp3) is 0.150. The summed E-state index contributed by atoms with van der Waals surface area (Å²) in [6.07, 6.45) is 1.90. The number of carbonyl (C=O) groups excluding carboxylic acids is 1. The fourth-order valence-corrected chi connectivity index (χ4v) is 2.81. The number of hydrogen-bond donors (Lipinski definition) is 1. The lowest BCUT2D eigenvalue weighted by atomic mass is 10.0. The van der Waals surface area contributed by atoms with Gasteiger partial charge in [-0.3, -0.25) is 0 Å². The van der Waals surface area contributed by atoms with Crippen molar-refractivity contribution < 1.29 is 9.53 Å². The van der Waals surface area contributed by atoms with Crippen molar-refractivity contribution in [3.8, 4) is 16.8 Å². The van der Waals surface area contributed by atoms with E-state index in [1.54, 1.807) is 6.92 Å². The number of para-hydroxylation sites is 1. The molecule has 1 aromatic heterocycles. The molecule has 0 aliphatic heterocycles. The van der Waals surface area contributed by atoms with E-state index in [9.17, 15) is 4.79 Å². The quantitative estimate of drug-likeness (QED) is 0.733. The smallest absolute Gasteiger partial charge is 0.342 e. The maximum Gasteiger partial charge on any atom is 0.342 e. The Balaban J connectivity index is 2.23. The van der Waals surface area contributed by atoms with E-state index in [1.165, 1.54) is 0 Å². The first-order valence-electron chi connectivity index (χ1n) is 7.92. The molecule has 2 N–H and O–H groups in total. The Morgan fingerprint density at radius 1 is 1.08 bits per heavy atom. The van der Waals surface area contributed by atoms with Gasteiger partial charge in [0.15, 0.2) is 0 Å². The SMILES string of the molecule is CCOC(=O)c1c(-c2ccccc2)cn(-c2ccccc2C)c1N. The van der Waals surface area contributed by atoms with Crippen molar-refractivity contribution >= 4 is 11.8 Å². The number of esters is 1. The van der Waals surface area contributed by atoms with Gasteiger partial charge in [-0.25, -0.2) is 4.79 Å². The molecular weight excluding hydrogens is 300 g/mol. The van der Waals surface area contributed by atoms with Gasteiger partial charge in [0.25, 0.3) is 0 Å². The van der Waals surface area contributed by atoms with Crippen molar-refractivity contribution in [1.82, 2.24) is 4.57 Å². The topological polar surface area (TPSA) is 57.2 Å². The summed E-state index contributed by atoms with van der Waals surface area (Å²) >= 11 is 0. The lowest BCUT2D eigenvalue weighted by molar-refractivity contribution is 0.0528. The van der Waals surface area contributed by atoms with Crippen LogP contribution in [0.15, 0.2) is 60.8 Å². The molecule has 0 aliphatic rings. The van der Waals surface area contributed by atoms with E-state index in [-0.39, 0.29) is 0 Å². The molecule has 4 nitrogen and oxygen atoms in total. The summed E-state index contributed by atoms with van der Waals surface area (Å²) in [5, 5.41) is 0. The van der Waals surface area contributed by atoms with Gasteiger partial charge in [-0.1, -0.05) is 48.5 Å². The average Bonchev–Trinajstić information content (AvgIpc) is 2.94. The first-order valence-corrected chi connectivity index (χ1v) is 7.92. The molecular formula is C20H20N2O2. The molecule has 0 unspecified atom stereocenters. The Kier molecular flexibility index (Phi) is 4.38. The van der Waals surface area contributed by atoms with E-state index in [4.69, 9.17) is 10.5 Å². The van der Waals surface area contributed by atoms with Crippen molar-refractivity contribution in [2.24, 2.45) is 0 Å². The van der Waals surface area contributed by atoms with Gasteiger partial charge in [0, 0.05) is 17.4 Å². The minimum absolute atomic E-state index is 0.308. The molecule has 3 aromatic rings. The van der Waals surface area contributed by atoms with Crippen molar-refractivity contribution in [2.45, 2.75) is 13.8 Å². The van der Waals surface area contributed by atoms with Crippen LogP contribution in [0.2, 0.25) is 0 Å². The van der Waals surface area contributed by atoms with Crippen LogP contribution in [0.1, 0.15) is 22.8 Å². The second-order valence-corrected chi connectivity index (χ2v) is 5.55. The normalized spacial score (nSPS) is 10.6. The third-order valence-electron chi connectivity index (χ3n) is 3.98. The predicted molar refractivity (Wildman–Crippen MR) is 96.3 cm³/mol. The van der Waals surface area contributed by atoms with Gasteiger partial charge >= 0.3 is 5.97 Å². The number of nitrogen functional groups attached to an aromatic ring is 1. The van der Waals surface area contributed by atoms with Crippen LogP contribution in [0.4, 0.5) is 5.82 Å². The van der Waals surface area contributed by atoms with Crippen LogP contribution >= 0.6 is 0 Å². The van der Waals surface area contributed by atoms with Crippen LogP contribution in [0, 0.1) is 6.92 Å². The van der Waals surface area contributed by atoms with Crippen LogP contribution in [-0.2, 0) is 4.74 Å². The summed E-state index contributed by atoms with van der Waals surface area (Å²) in [4.78, 5) is 12.5. The molecule has 4 heteroatoms. The fourth-order valence-electron chi connectivity index (χ4n) is 2.81. The molecule has 0 aliphatic carbocycles. The van der Waals surface area contributed by atoms with Crippen molar-refractivity contribution in [1.29, 1.82) is 0 Å². The van der Waals surface area contributed by atoms with Crippen molar-refractivity contribution in [3.63, 3.8) is 0 Å². The number of ether oxygens (including phenoxy) is 1. The molecule has 122 valence electrons. The van der Waals surface area contributed by atoms with E-state index in [0.29, 0.717) is 18.0 Å². The van der Waals surface area contributed by atoms with Gasteiger partial charge in [-0.05, 0) is 31.0 Å². The molecule has 0 fully saturated rings. The van der Waals surface area contributed by atoms with Crippen molar-refractivity contribution in [2.75, 3.05) is 12.3 Å². The summed E-state index contributed by atoms with van der Waals surface area (Å²) in [6, 6.07) is 17.7. The number of nitrogens with two attached hydrogens (primary N) is 1. The Hall–Kier alpha value is -3.01. The number of nitrogens with zero attached hydrogens (tertiary/aromatic N) is 1. The minimum Gasteiger partial charge on any atom is -0.462 e. The largest absolute Gasteiger partial charge is 0.462 e. The number of carbonyl (C=O) groups is 1. The summed E-state index contributed by atoms with van der Waals surface area (Å²) < 4.78 is 7.07. The molecule has 0 atom stereocenters. The molecule has 0 spiro atoms. The number of aromatic nitrogens is 1. The Labute approximate surface area is 141 Å². The highest BCUT2D eigenvalue weighted by Gasteiger charge is 2.23. The third-order valence-corrected chi connectivity index (χ3v) is 3.98. The molecule has 24 heavy (non-hydrogen) atoms. The van der Waals surface area contributed by atoms with Gasteiger partial charge in [-0.2, -0.15) is 0 Å². The van der Waals surface area contributed by atoms with Crippen LogP contribution < -0.4 is 5.73 Å². The lowest BCUT2D eigenvalue weighted by Crippen LogP contribution is -2.09. The molecule has 0 saturated heterocycles. The van der Waals surface area contributed by atoms with Crippen LogP contribution in [0.3, 0.4) is 0 Å². The maximum absolute atomic E-state index is 12.5. The first-order chi connectivity index (χ1) is 11.6. The summed E-state index contributed by atoms with van der Waals surface area (Å²) in [5.41, 5.74) is 10.5. The minimum atomic E-state index is -0.402. The first kappa shape index (κ1) is 15.9. The van der Waals surface area contributed by atoms with E-state index in [2.05, 4.69) is 0 Å². The average molecular weight is 320 g/mol. The predicted octanol–water partition coefficient (Wildman–Crippen LogP) is 4.21. The second kappa shape index (κ2) is 6.62. The number of aryl methyl sites for hydroxylation is 1. The Bertz CT molecular complexity index is 867. The number of benzene rings is 2. The van der Waals surface area contributed by atoms with Gasteiger partial charge < -0.3 is 15.0 Å². The van der Waals surface area contributed by atoms with Gasteiger partial charge in [0.05, 0.1) is 6.61 Å². The third kappa shape index (κ3) is 2.78. The number of hydrogen-bond acceptors (Lipinski definition) is 3. The van der Waals surface area contributed by atoms with Crippen LogP contribution in [0.5, 0.6) is 0 Å². The number of anilines is 1. The standard InChI is InChI=1S/C20H20N2O2/c1-3-24-20(23)18-16(15-10-5-4-6-11-15)13-22(19(18)21)17-12-8-7-9-14(17)2/h4-13H,3,21H2,1-2H3. The zero-order valence-corrected chi connectivity index (χ0v) is 13.8. The van der Waals surface area contributed by atoms with E-state index < -0.39 is 5.97 Å². The molecule has 0 bridgehead atoms. The highest BCUT2D eigenvalue weighted by Crippen LogP contribution is 2.33. The molecule has 2 aromatic carbocycles. The zero-order chi connectivity index (χ0) is 17.1. The maximum atomic E-state index is 12.5.